The van der Waals surface area contributed by atoms with Gasteiger partial charge in [0.1, 0.15) is 11.5 Å². The van der Waals surface area contributed by atoms with Crippen LogP contribution in [0.3, 0.4) is 0 Å². The van der Waals surface area contributed by atoms with Gasteiger partial charge < -0.3 is 0 Å². The van der Waals surface area contributed by atoms with Crippen molar-refractivity contribution in [3.05, 3.63) is 35.4 Å². The molecule has 0 aliphatic carbocycles. The zero-order valence-corrected chi connectivity index (χ0v) is 9.78. The van der Waals surface area contributed by atoms with Crippen LogP contribution in [0, 0.1) is 12.7 Å². The van der Waals surface area contributed by atoms with Crippen molar-refractivity contribution in [2.24, 2.45) is 0 Å². The lowest BCUT2D eigenvalue weighted by atomic mass is 10.0. The zero-order chi connectivity index (χ0) is 11.8. The summed E-state index contributed by atoms with van der Waals surface area (Å²) in [5, 5.41) is 4.58. The molecule has 4 heteroatoms. The number of hydrogen-bond acceptors (Lipinski definition) is 2. The molecule has 0 fully saturated rings. The van der Waals surface area contributed by atoms with Crippen LogP contribution in [0.4, 0.5) is 4.39 Å². The molecule has 0 spiro atoms. The molecule has 0 amide bonds. The molecule has 0 bridgehead atoms. The van der Waals surface area contributed by atoms with Crippen LogP contribution in [0.1, 0.15) is 24.1 Å². The van der Waals surface area contributed by atoms with Gasteiger partial charge >= 0.3 is 0 Å². The Morgan fingerprint density at radius 2 is 2.18 bits per heavy atom. The summed E-state index contributed by atoms with van der Waals surface area (Å²) in [5.74, 6) is -0.310. The van der Waals surface area contributed by atoms with E-state index in [9.17, 15) is 4.39 Å². The first kappa shape index (κ1) is 10.4. The molecule has 3 heterocycles. The molecule has 0 atom stereocenters. The van der Waals surface area contributed by atoms with Crippen LogP contribution in [-0.4, -0.2) is 14.8 Å². The summed E-state index contributed by atoms with van der Waals surface area (Å²) >= 11 is 0. The fraction of sp³-hybridized carbons (Fsp3) is 0.385. The van der Waals surface area contributed by atoms with E-state index in [1.54, 1.807) is 6.07 Å². The molecule has 2 aromatic rings. The molecule has 1 aliphatic rings. The third-order valence-electron chi connectivity index (χ3n) is 3.32. The molecule has 0 saturated carbocycles. The van der Waals surface area contributed by atoms with Crippen LogP contribution >= 0.6 is 0 Å². The zero-order valence-electron chi connectivity index (χ0n) is 9.78. The molecule has 0 N–H and O–H groups in total. The van der Waals surface area contributed by atoms with E-state index in [0.717, 1.165) is 24.4 Å². The second kappa shape index (κ2) is 3.95. The van der Waals surface area contributed by atoms with E-state index in [0.29, 0.717) is 0 Å². The molecule has 17 heavy (non-hydrogen) atoms. The number of rotatable bonds is 1. The van der Waals surface area contributed by atoms with E-state index < -0.39 is 0 Å². The van der Waals surface area contributed by atoms with E-state index in [2.05, 4.69) is 21.7 Å². The minimum atomic E-state index is -0.310. The number of aryl methyl sites for hydroxylation is 1. The first-order chi connectivity index (χ1) is 8.25. The van der Waals surface area contributed by atoms with Gasteiger partial charge in [0.25, 0.3) is 0 Å². The van der Waals surface area contributed by atoms with Gasteiger partial charge in [0.15, 0.2) is 0 Å². The van der Waals surface area contributed by atoms with Crippen LogP contribution in [0.25, 0.3) is 11.4 Å². The standard InChI is InChI=1S/C13H14FN3/c1-9-12-4-2-3-7-17(12)16-13(9)11-6-5-10(14)8-15-11/h5-6,8H,2-4,7H2,1H3. The lowest BCUT2D eigenvalue weighted by Gasteiger charge is -2.13. The lowest BCUT2D eigenvalue weighted by Crippen LogP contribution is -2.11. The number of aromatic nitrogens is 3. The molecule has 0 radical (unpaired) electrons. The minimum Gasteiger partial charge on any atom is -0.269 e. The maximum atomic E-state index is 12.8. The maximum Gasteiger partial charge on any atom is 0.141 e. The molecule has 1 aliphatic heterocycles. The molecular formula is C13H14FN3. The second-order valence-electron chi connectivity index (χ2n) is 4.46. The number of fused-ring (bicyclic) bond motifs is 1. The first-order valence-corrected chi connectivity index (χ1v) is 5.94. The molecule has 3 rings (SSSR count). The van der Waals surface area contributed by atoms with Crippen molar-refractivity contribution in [2.75, 3.05) is 0 Å². The fourth-order valence-electron chi connectivity index (χ4n) is 2.40. The molecule has 88 valence electrons. The highest BCUT2D eigenvalue weighted by atomic mass is 19.1. The monoisotopic (exact) mass is 231 g/mol. The Hall–Kier alpha value is -1.71. The fourth-order valence-corrected chi connectivity index (χ4v) is 2.40. The highest BCUT2D eigenvalue weighted by Gasteiger charge is 2.18. The third kappa shape index (κ3) is 1.73. The normalized spacial score (nSPS) is 14.7. The summed E-state index contributed by atoms with van der Waals surface area (Å²) in [6, 6.07) is 3.12. The molecule has 0 unspecified atom stereocenters. The molecule has 2 aromatic heterocycles. The Labute approximate surface area is 99.3 Å². The van der Waals surface area contributed by atoms with E-state index in [4.69, 9.17) is 0 Å². The van der Waals surface area contributed by atoms with E-state index in [1.807, 2.05) is 0 Å². The van der Waals surface area contributed by atoms with Gasteiger partial charge in [-0.1, -0.05) is 0 Å². The van der Waals surface area contributed by atoms with Crippen molar-refractivity contribution in [2.45, 2.75) is 32.7 Å². The highest BCUT2D eigenvalue weighted by Crippen LogP contribution is 2.26. The van der Waals surface area contributed by atoms with Crippen LogP contribution < -0.4 is 0 Å². The number of pyridine rings is 1. The Balaban J connectivity index is 2.09. The molecule has 0 saturated heterocycles. The predicted molar refractivity (Wildman–Crippen MR) is 63.1 cm³/mol. The summed E-state index contributed by atoms with van der Waals surface area (Å²) in [4.78, 5) is 4.10. The molecule has 0 aromatic carbocycles. The van der Waals surface area contributed by atoms with Crippen LogP contribution in [0.2, 0.25) is 0 Å². The van der Waals surface area contributed by atoms with Crippen LogP contribution in [0.15, 0.2) is 18.3 Å². The van der Waals surface area contributed by atoms with Crippen molar-refractivity contribution in [3.8, 4) is 11.4 Å². The Bertz CT molecular complexity index is 543. The van der Waals surface area contributed by atoms with Crippen LogP contribution in [-0.2, 0) is 13.0 Å². The van der Waals surface area contributed by atoms with E-state index >= 15 is 0 Å². The van der Waals surface area contributed by atoms with Crippen molar-refractivity contribution >= 4 is 0 Å². The molecular weight excluding hydrogens is 217 g/mol. The van der Waals surface area contributed by atoms with Gasteiger partial charge in [0, 0.05) is 12.2 Å². The van der Waals surface area contributed by atoms with Crippen molar-refractivity contribution < 1.29 is 4.39 Å². The number of halogens is 1. The smallest absolute Gasteiger partial charge is 0.141 e. The summed E-state index contributed by atoms with van der Waals surface area (Å²) < 4.78 is 14.9. The largest absolute Gasteiger partial charge is 0.269 e. The minimum absolute atomic E-state index is 0.310. The summed E-state index contributed by atoms with van der Waals surface area (Å²) in [6.07, 6.45) is 4.74. The van der Waals surface area contributed by atoms with Crippen molar-refractivity contribution in [1.82, 2.24) is 14.8 Å². The van der Waals surface area contributed by atoms with Gasteiger partial charge in [-0.3, -0.25) is 9.67 Å². The Morgan fingerprint density at radius 3 is 2.88 bits per heavy atom. The molecule has 3 nitrogen and oxygen atoms in total. The van der Waals surface area contributed by atoms with E-state index in [1.165, 1.54) is 36.4 Å². The summed E-state index contributed by atoms with van der Waals surface area (Å²) in [6.45, 7) is 3.06. The Kier molecular flexibility index (Phi) is 2.42. The quantitative estimate of drug-likeness (QED) is 0.755. The van der Waals surface area contributed by atoms with Gasteiger partial charge in [0.2, 0.25) is 0 Å². The average Bonchev–Trinajstić information content (AvgIpc) is 2.69. The van der Waals surface area contributed by atoms with Crippen molar-refractivity contribution in [1.29, 1.82) is 0 Å². The number of nitrogens with zero attached hydrogens (tertiary/aromatic N) is 3. The highest BCUT2D eigenvalue weighted by molar-refractivity contribution is 5.59. The maximum absolute atomic E-state index is 12.8. The van der Waals surface area contributed by atoms with Gasteiger partial charge in [-0.05, 0) is 43.9 Å². The SMILES string of the molecule is Cc1c(-c2ccc(F)cn2)nn2c1CCCC2. The van der Waals surface area contributed by atoms with E-state index in [-0.39, 0.29) is 5.82 Å². The third-order valence-corrected chi connectivity index (χ3v) is 3.32. The average molecular weight is 231 g/mol. The topological polar surface area (TPSA) is 30.7 Å². The Morgan fingerprint density at radius 1 is 1.29 bits per heavy atom. The first-order valence-electron chi connectivity index (χ1n) is 5.94. The second-order valence-corrected chi connectivity index (χ2v) is 4.46. The van der Waals surface area contributed by atoms with Crippen LogP contribution in [0.5, 0.6) is 0 Å². The van der Waals surface area contributed by atoms with Crippen molar-refractivity contribution in [3.63, 3.8) is 0 Å². The number of hydrogen-bond donors (Lipinski definition) is 0. The predicted octanol–water partition coefficient (Wildman–Crippen LogP) is 2.73. The van der Waals surface area contributed by atoms with Gasteiger partial charge in [-0.2, -0.15) is 5.10 Å². The lowest BCUT2D eigenvalue weighted by molar-refractivity contribution is 0.485. The van der Waals surface area contributed by atoms with Gasteiger partial charge in [-0.25, -0.2) is 4.39 Å². The van der Waals surface area contributed by atoms with Gasteiger partial charge in [-0.15, -0.1) is 0 Å². The van der Waals surface area contributed by atoms with Gasteiger partial charge in [0.05, 0.1) is 11.9 Å². The summed E-state index contributed by atoms with van der Waals surface area (Å²) in [7, 11) is 0. The summed E-state index contributed by atoms with van der Waals surface area (Å²) in [5.41, 5.74) is 4.13.